The number of methoxy groups -OCH3 is 1. The number of primary amides is 1. The molecular formula is C23H21N7O3. The second kappa shape index (κ2) is 8.15. The number of hydrogen-bond donors (Lipinski definition) is 3. The number of carbonyl (C=O) groups is 1. The van der Waals surface area contributed by atoms with Gasteiger partial charge in [-0.15, -0.1) is 0 Å². The summed E-state index contributed by atoms with van der Waals surface area (Å²) in [7, 11) is 1.60. The summed E-state index contributed by atoms with van der Waals surface area (Å²) in [6.45, 7) is 2.47. The third-order valence-corrected chi connectivity index (χ3v) is 5.19. The first-order valence-corrected chi connectivity index (χ1v) is 10.3. The zero-order chi connectivity index (χ0) is 22.9. The summed E-state index contributed by atoms with van der Waals surface area (Å²) in [5.41, 5.74) is 9.29. The minimum absolute atomic E-state index is 0.210. The molecule has 1 amide bonds. The van der Waals surface area contributed by atoms with Crippen LogP contribution in [0.25, 0.3) is 27.8 Å². The number of nitrogens with one attached hydrogen (secondary N) is 2. The number of benzene rings is 2. The van der Waals surface area contributed by atoms with E-state index in [1.54, 1.807) is 19.4 Å². The molecule has 0 atom stereocenters. The number of anilines is 2. The van der Waals surface area contributed by atoms with Gasteiger partial charge < -0.3 is 24.9 Å². The Morgan fingerprint density at radius 2 is 2.09 bits per heavy atom. The zero-order valence-electron chi connectivity index (χ0n) is 18.0. The maximum atomic E-state index is 11.6. The van der Waals surface area contributed by atoms with Crippen LogP contribution in [0.5, 0.6) is 11.5 Å². The van der Waals surface area contributed by atoms with Gasteiger partial charge in [-0.3, -0.25) is 9.89 Å². The van der Waals surface area contributed by atoms with Gasteiger partial charge in [-0.05, 0) is 31.2 Å². The van der Waals surface area contributed by atoms with Crippen molar-refractivity contribution in [1.82, 2.24) is 24.6 Å². The molecule has 0 aliphatic carbocycles. The molecule has 3 aromatic heterocycles. The maximum Gasteiger partial charge on any atom is 0.269 e. The van der Waals surface area contributed by atoms with Crippen LogP contribution < -0.4 is 20.5 Å². The van der Waals surface area contributed by atoms with Crippen molar-refractivity contribution in [3.05, 3.63) is 60.7 Å². The lowest BCUT2D eigenvalue weighted by Crippen LogP contribution is -2.11. The second-order valence-electron chi connectivity index (χ2n) is 7.25. The van der Waals surface area contributed by atoms with Gasteiger partial charge in [-0.1, -0.05) is 6.07 Å². The fourth-order valence-electron chi connectivity index (χ4n) is 3.68. The van der Waals surface area contributed by atoms with Gasteiger partial charge >= 0.3 is 0 Å². The molecule has 33 heavy (non-hydrogen) atoms. The topological polar surface area (TPSA) is 132 Å². The summed E-state index contributed by atoms with van der Waals surface area (Å²) < 4.78 is 12.9. The molecule has 3 heterocycles. The number of aromatic amines is 1. The van der Waals surface area contributed by atoms with Gasteiger partial charge in [0.25, 0.3) is 5.91 Å². The van der Waals surface area contributed by atoms with E-state index in [0.29, 0.717) is 46.2 Å². The highest BCUT2D eigenvalue weighted by atomic mass is 16.5. The number of H-pyrrole nitrogens is 1. The maximum absolute atomic E-state index is 11.6. The van der Waals surface area contributed by atoms with E-state index in [2.05, 4.69) is 20.5 Å². The first-order valence-electron chi connectivity index (χ1n) is 10.3. The van der Waals surface area contributed by atoms with Gasteiger partial charge in [0.1, 0.15) is 0 Å². The molecule has 0 unspecified atom stereocenters. The number of ether oxygens (including phenoxy) is 2. The Labute approximate surface area is 188 Å². The van der Waals surface area contributed by atoms with Crippen LogP contribution in [0.4, 0.5) is 11.5 Å². The lowest BCUT2D eigenvalue weighted by Gasteiger charge is -2.13. The van der Waals surface area contributed by atoms with Crippen molar-refractivity contribution in [2.24, 2.45) is 5.73 Å². The quantitative estimate of drug-likeness (QED) is 0.350. The molecule has 0 fully saturated rings. The second-order valence-corrected chi connectivity index (χ2v) is 7.25. The molecule has 0 radical (unpaired) electrons. The van der Waals surface area contributed by atoms with E-state index >= 15 is 0 Å². The Kier molecular flexibility index (Phi) is 5.02. The Morgan fingerprint density at radius 1 is 1.21 bits per heavy atom. The largest absolute Gasteiger partial charge is 0.493 e. The third kappa shape index (κ3) is 3.67. The number of nitrogens with zero attached hydrogens (tertiary/aromatic N) is 4. The summed E-state index contributed by atoms with van der Waals surface area (Å²) >= 11 is 0. The molecule has 10 heteroatoms. The van der Waals surface area contributed by atoms with Crippen molar-refractivity contribution in [3.8, 4) is 22.8 Å². The zero-order valence-corrected chi connectivity index (χ0v) is 18.0. The average molecular weight is 443 g/mol. The lowest BCUT2D eigenvalue weighted by molar-refractivity contribution is 0.0997. The summed E-state index contributed by atoms with van der Waals surface area (Å²) in [5, 5.41) is 10.9. The standard InChI is InChI=1S/C23H21N7O3/c1-3-33-18-7-5-14(11-19(18)32-2)26-22-23-25-8-9-30(23)12-17(27-22)13-4-6-15-16(10-13)28-29-20(15)21(24)31/h4-12H,3H2,1-2H3,(H2,24,31)(H,26,27)(H,28,29). The minimum atomic E-state index is -0.579. The number of amides is 1. The normalized spacial score (nSPS) is 11.1. The molecule has 0 aliphatic heterocycles. The van der Waals surface area contributed by atoms with Crippen LogP contribution in [0.1, 0.15) is 17.4 Å². The number of aromatic nitrogens is 5. The van der Waals surface area contributed by atoms with E-state index < -0.39 is 5.91 Å². The highest BCUT2D eigenvalue weighted by Gasteiger charge is 2.14. The monoisotopic (exact) mass is 443 g/mol. The highest BCUT2D eigenvalue weighted by molar-refractivity contribution is 6.04. The van der Waals surface area contributed by atoms with Crippen LogP contribution in [-0.2, 0) is 0 Å². The molecule has 4 N–H and O–H groups in total. The van der Waals surface area contributed by atoms with Crippen molar-refractivity contribution >= 4 is 34.0 Å². The smallest absolute Gasteiger partial charge is 0.269 e. The number of imidazole rings is 1. The van der Waals surface area contributed by atoms with Gasteiger partial charge in [-0.2, -0.15) is 5.10 Å². The van der Waals surface area contributed by atoms with Gasteiger partial charge in [0.15, 0.2) is 28.7 Å². The predicted molar refractivity (Wildman–Crippen MR) is 124 cm³/mol. The van der Waals surface area contributed by atoms with E-state index in [1.165, 1.54) is 0 Å². The first-order chi connectivity index (χ1) is 16.1. The van der Waals surface area contributed by atoms with Crippen LogP contribution >= 0.6 is 0 Å². The van der Waals surface area contributed by atoms with Crippen molar-refractivity contribution in [2.45, 2.75) is 6.92 Å². The van der Waals surface area contributed by atoms with Gasteiger partial charge in [-0.25, -0.2) is 9.97 Å². The van der Waals surface area contributed by atoms with Crippen molar-refractivity contribution in [1.29, 1.82) is 0 Å². The van der Waals surface area contributed by atoms with Crippen molar-refractivity contribution < 1.29 is 14.3 Å². The molecule has 0 saturated carbocycles. The van der Waals surface area contributed by atoms with Crippen LogP contribution in [0.2, 0.25) is 0 Å². The van der Waals surface area contributed by atoms with E-state index in [-0.39, 0.29) is 5.69 Å². The van der Waals surface area contributed by atoms with Gasteiger partial charge in [0, 0.05) is 41.3 Å². The molecule has 166 valence electrons. The number of carbonyl (C=O) groups excluding carboxylic acids is 1. The van der Waals surface area contributed by atoms with Crippen molar-refractivity contribution in [3.63, 3.8) is 0 Å². The number of nitrogens with two attached hydrogens (primary N) is 1. The molecule has 0 bridgehead atoms. The highest BCUT2D eigenvalue weighted by Crippen LogP contribution is 2.32. The number of rotatable bonds is 7. The van der Waals surface area contributed by atoms with Crippen LogP contribution in [-0.4, -0.2) is 44.2 Å². The van der Waals surface area contributed by atoms with Crippen LogP contribution in [0.3, 0.4) is 0 Å². The summed E-state index contributed by atoms with van der Waals surface area (Å²) in [5.74, 6) is 1.28. The lowest BCUT2D eigenvalue weighted by atomic mass is 10.1. The fraction of sp³-hybridized carbons (Fsp3) is 0.130. The Balaban J connectivity index is 1.56. The SMILES string of the molecule is CCOc1ccc(Nc2nc(-c3ccc4c(C(N)=O)n[nH]c4c3)cn3ccnc23)cc1OC. The van der Waals surface area contributed by atoms with Gasteiger partial charge in [0.2, 0.25) is 0 Å². The Morgan fingerprint density at radius 3 is 2.88 bits per heavy atom. The van der Waals surface area contributed by atoms with Crippen molar-refractivity contribution in [2.75, 3.05) is 19.0 Å². The first kappa shape index (κ1) is 20.3. The third-order valence-electron chi connectivity index (χ3n) is 5.19. The molecule has 0 aliphatic rings. The number of fused-ring (bicyclic) bond motifs is 2. The van der Waals surface area contributed by atoms with Gasteiger partial charge in [0.05, 0.1) is 24.9 Å². The summed E-state index contributed by atoms with van der Waals surface area (Å²) in [6.07, 6.45) is 5.45. The molecule has 5 rings (SSSR count). The average Bonchev–Trinajstić information content (AvgIpc) is 3.46. The summed E-state index contributed by atoms with van der Waals surface area (Å²) in [4.78, 5) is 20.8. The molecule has 5 aromatic rings. The Bertz CT molecular complexity index is 1490. The molecule has 2 aromatic carbocycles. The van der Waals surface area contributed by atoms with E-state index in [4.69, 9.17) is 20.2 Å². The predicted octanol–water partition coefficient (Wildman–Crippen LogP) is 3.52. The number of hydrogen-bond acceptors (Lipinski definition) is 7. The summed E-state index contributed by atoms with van der Waals surface area (Å²) in [6, 6.07) is 11.1. The van der Waals surface area contributed by atoms with E-state index in [1.807, 2.05) is 54.0 Å². The molecule has 10 nitrogen and oxygen atoms in total. The van der Waals surface area contributed by atoms with E-state index in [0.717, 1.165) is 11.3 Å². The molecular weight excluding hydrogens is 422 g/mol. The minimum Gasteiger partial charge on any atom is -0.493 e. The van der Waals surface area contributed by atoms with Crippen LogP contribution in [0.15, 0.2) is 55.0 Å². The molecule has 0 saturated heterocycles. The molecule has 0 spiro atoms. The van der Waals surface area contributed by atoms with E-state index in [9.17, 15) is 4.79 Å². The van der Waals surface area contributed by atoms with Crippen LogP contribution in [0, 0.1) is 0 Å². The fourth-order valence-corrected chi connectivity index (χ4v) is 3.68. The Hall–Kier alpha value is -4.60.